The van der Waals surface area contributed by atoms with Crippen molar-refractivity contribution < 1.29 is 28.7 Å². The molecule has 36 heavy (non-hydrogen) atoms. The summed E-state index contributed by atoms with van der Waals surface area (Å²) >= 11 is 0. The SMILES string of the molecule is CN(C)C(=O)C1CCCCC1.Cc1ccc(NC(=O)c2oc3cccc(C(=O)O)c3c2NC=O)nc1. The van der Waals surface area contributed by atoms with Crippen LogP contribution in [0.1, 0.15) is 58.6 Å². The van der Waals surface area contributed by atoms with Gasteiger partial charge in [0.1, 0.15) is 17.1 Å². The number of aromatic carboxylic acids is 1. The molecule has 10 heteroatoms. The third kappa shape index (κ3) is 6.26. The second-order valence-electron chi connectivity index (χ2n) is 8.79. The molecule has 0 bridgehead atoms. The van der Waals surface area contributed by atoms with Gasteiger partial charge in [-0.25, -0.2) is 9.78 Å². The molecule has 3 N–H and O–H groups in total. The lowest BCUT2D eigenvalue weighted by atomic mass is 9.88. The number of hydrogen-bond donors (Lipinski definition) is 3. The van der Waals surface area contributed by atoms with E-state index in [0.717, 1.165) is 18.4 Å². The van der Waals surface area contributed by atoms with Gasteiger partial charge in [0.15, 0.2) is 0 Å². The Morgan fingerprint density at radius 3 is 2.42 bits per heavy atom. The highest BCUT2D eigenvalue weighted by Gasteiger charge is 2.25. The molecule has 0 radical (unpaired) electrons. The summed E-state index contributed by atoms with van der Waals surface area (Å²) < 4.78 is 5.48. The fraction of sp³-hybridized carbons (Fsp3) is 0.346. The van der Waals surface area contributed by atoms with Crippen molar-refractivity contribution in [3.05, 3.63) is 53.4 Å². The normalized spacial score (nSPS) is 13.3. The number of hydrogen-bond acceptors (Lipinski definition) is 6. The van der Waals surface area contributed by atoms with Gasteiger partial charge >= 0.3 is 5.97 Å². The zero-order chi connectivity index (χ0) is 26.2. The van der Waals surface area contributed by atoms with Gasteiger partial charge in [0.05, 0.1) is 10.9 Å². The number of benzene rings is 1. The minimum atomic E-state index is -1.20. The molecule has 1 saturated carbocycles. The van der Waals surface area contributed by atoms with Crippen LogP contribution in [0.5, 0.6) is 0 Å². The van der Waals surface area contributed by atoms with E-state index in [1.54, 1.807) is 23.2 Å². The monoisotopic (exact) mass is 494 g/mol. The number of anilines is 2. The minimum absolute atomic E-state index is 0.00684. The summed E-state index contributed by atoms with van der Waals surface area (Å²) in [6, 6.07) is 7.75. The molecule has 0 saturated heterocycles. The van der Waals surface area contributed by atoms with E-state index < -0.39 is 11.9 Å². The van der Waals surface area contributed by atoms with Gasteiger partial charge in [-0.3, -0.25) is 14.4 Å². The van der Waals surface area contributed by atoms with Crippen LogP contribution in [0.25, 0.3) is 11.0 Å². The van der Waals surface area contributed by atoms with Gasteiger partial charge in [-0.2, -0.15) is 0 Å². The molecule has 1 fully saturated rings. The van der Waals surface area contributed by atoms with E-state index in [9.17, 15) is 24.3 Å². The number of fused-ring (bicyclic) bond motifs is 1. The minimum Gasteiger partial charge on any atom is -0.478 e. The standard InChI is InChI=1S/C17H13N3O5.C9H17NO/c1-9-5-6-12(18-7-9)20-16(22)15-14(19-8-21)13-10(17(23)24)3-2-4-11(13)25-15;1-10(2)9(11)8-6-4-3-5-7-8/h2-8H,1H3,(H,19,21)(H,23,24)(H,18,20,22);8H,3-7H2,1-2H3. The van der Waals surface area contributed by atoms with Gasteiger partial charge in [-0.1, -0.05) is 31.4 Å². The highest BCUT2D eigenvalue weighted by Crippen LogP contribution is 2.34. The first kappa shape index (κ1) is 26.4. The van der Waals surface area contributed by atoms with Crippen molar-refractivity contribution in [3.63, 3.8) is 0 Å². The van der Waals surface area contributed by atoms with Crippen LogP contribution in [0, 0.1) is 12.8 Å². The molecule has 1 aliphatic rings. The lowest BCUT2D eigenvalue weighted by molar-refractivity contribution is -0.133. The fourth-order valence-electron chi connectivity index (χ4n) is 4.11. The van der Waals surface area contributed by atoms with E-state index in [2.05, 4.69) is 15.6 Å². The molecular weight excluding hydrogens is 464 g/mol. The summed E-state index contributed by atoms with van der Waals surface area (Å²) in [5.41, 5.74) is 1.01. The molecule has 3 aromatic rings. The van der Waals surface area contributed by atoms with Crippen molar-refractivity contribution in [2.24, 2.45) is 5.92 Å². The fourth-order valence-corrected chi connectivity index (χ4v) is 4.11. The van der Waals surface area contributed by atoms with Crippen molar-refractivity contribution >= 4 is 46.7 Å². The molecular formula is C26H30N4O6. The van der Waals surface area contributed by atoms with Gasteiger partial charge in [0, 0.05) is 26.2 Å². The molecule has 1 aliphatic carbocycles. The number of carboxylic acids is 1. The van der Waals surface area contributed by atoms with Crippen LogP contribution < -0.4 is 10.6 Å². The first-order chi connectivity index (χ1) is 17.2. The third-order valence-electron chi connectivity index (χ3n) is 5.90. The average molecular weight is 495 g/mol. The van der Waals surface area contributed by atoms with Gasteiger partial charge in [-0.05, 0) is 43.5 Å². The number of furan rings is 1. The number of rotatable bonds is 6. The van der Waals surface area contributed by atoms with Crippen LogP contribution in [0.3, 0.4) is 0 Å². The van der Waals surface area contributed by atoms with Crippen LogP contribution in [0.15, 0.2) is 40.9 Å². The molecule has 190 valence electrons. The number of carbonyl (C=O) groups excluding carboxylic acids is 3. The van der Waals surface area contributed by atoms with Gasteiger partial charge in [0.25, 0.3) is 5.91 Å². The Morgan fingerprint density at radius 1 is 1.11 bits per heavy atom. The van der Waals surface area contributed by atoms with Crippen LogP contribution in [-0.2, 0) is 9.59 Å². The van der Waals surface area contributed by atoms with Crippen molar-refractivity contribution in [2.45, 2.75) is 39.0 Å². The number of carboxylic acid groups (broad SMARTS) is 1. The van der Waals surface area contributed by atoms with Crippen molar-refractivity contribution in [1.29, 1.82) is 0 Å². The smallest absolute Gasteiger partial charge is 0.336 e. The zero-order valence-electron chi connectivity index (χ0n) is 20.5. The van der Waals surface area contributed by atoms with Crippen LogP contribution in [-0.4, -0.2) is 53.3 Å². The Morgan fingerprint density at radius 2 is 1.83 bits per heavy atom. The predicted octanol–water partition coefficient (Wildman–Crippen LogP) is 4.31. The topological polar surface area (TPSA) is 142 Å². The summed E-state index contributed by atoms with van der Waals surface area (Å²) in [7, 11) is 3.69. The first-order valence-electron chi connectivity index (χ1n) is 11.7. The number of carbonyl (C=O) groups is 4. The molecule has 2 heterocycles. The lowest BCUT2D eigenvalue weighted by Gasteiger charge is -2.23. The highest BCUT2D eigenvalue weighted by atomic mass is 16.4. The number of nitrogens with zero attached hydrogens (tertiary/aromatic N) is 2. The second-order valence-corrected chi connectivity index (χ2v) is 8.79. The summed E-state index contributed by atoms with van der Waals surface area (Å²) in [5, 5.41) is 14.4. The maximum absolute atomic E-state index is 12.5. The number of pyridine rings is 1. The zero-order valence-corrected chi connectivity index (χ0v) is 20.5. The molecule has 0 unspecified atom stereocenters. The lowest BCUT2D eigenvalue weighted by Crippen LogP contribution is -2.30. The quantitative estimate of drug-likeness (QED) is 0.434. The van der Waals surface area contributed by atoms with E-state index in [1.165, 1.54) is 37.5 Å². The summed E-state index contributed by atoms with van der Waals surface area (Å²) in [5.74, 6) is -1.12. The van der Waals surface area contributed by atoms with Crippen LogP contribution in [0.2, 0.25) is 0 Å². The number of aryl methyl sites for hydroxylation is 1. The Hall–Kier alpha value is -4.21. The molecule has 4 rings (SSSR count). The van der Waals surface area contributed by atoms with Crippen molar-refractivity contribution in [3.8, 4) is 0 Å². The Bertz CT molecular complexity index is 1240. The van der Waals surface area contributed by atoms with Crippen molar-refractivity contribution in [2.75, 3.05) is 24.7 Å². The van der Waals surface area contributed by atoms with Gasteiger partial charge < -0.3 is 25.1 Å². The molecule has 2 aromatic heterocycles. The summed E-state index contributed by atoms with van der Waals surface area (Å²) in [6.07, 6.45) is 7.95. The number of aromatic nitrogens is 1. The van der Waals surface area contributed by atoms with Gasteiger partial charge in [0.2, 0.25) is 18.1 Å². The number of nitrogens with one attached hydrogen (secondary N) is 2. The van der Waals surface area contributed by atoms with Crippen LogP contribution in [0.4, 0.5) is 11.5 Å². The molecule has 0 aliphatic heterocycles. The predicted molar refractivity (Wildman–Crippen MR) is 135 cm³/mol. The second kappa shape index (κ2) is 12.0. The van der Waals surface area contributed by atoms with Crippen LogP contribution >= 0.6 is 0 Å². The third-order valence-corrected chi connectivity index (χ3v) is 5.90. The summed E-state index contributed by atoms with van der Waals surface area (Å²) in [4.78, 5) is 52.0. The highest BCUT2D eigenvalue weighted by molar-refractivity contribution is 6.17. The molecule has 10 nitrogen and oxygen atoms in total. The summed E-state index contributed by atoms with van der Waals surface area (Å²) in [6.45, 7) is 1.86. The average Bonchev–Trinajstić information content (AvgIpc) is 3.24. The van der Waals surface area contributed by atoms with Gasteiger partial charge in [-0.15, -0.1) is 0 Å². The van der Waals surface area contributed by atoms with E-state index >= 15 is 0 Å². The Balaban J connectivity index is 0.000000275. The Kier molecular flexibility index (Phi) is 8.77. The molecule has 0 atom stereocenters. The van der Waals surface area contributed by atoms with E-state index in [1.807, 2.05) is 21.0 Å². The van der Waals surface area contributed by atoms with Crippen molar-refractivity contribution in [1.82, 2.24) is 9.88 Å². The Labute approximate surface area is 208 Å². The first-order valence-corrected chi connectivity index (χ1v) is 11.7. The van der Waals surface area contributed by atoms with E-state index in [-0.39, 0.29) is 28.0 Å². The maximum Gasteiger partial charge on any atom is 0.336 e. The molecule has 0 spiro atoms. The largest absolute Gasteiger partial charge is 0.478 e. The molecule has 1 aromatic carbocycles. The maximum atomic E-state index is 12.5. The number of amides is 3. The van der Waals surface area contributed by atoms with E-state index in [4.69, 9.17) is 4.42 Å². The van der Waals surface area contributed by atoms with E-state index in [0.29, 0.717) is 24.1 Å². The molecule has 3 amide bonds.